The molecular formula is C14H21N. The molecule has 1 N–H and O–H groups in total. The molecule has 0 aromatic heterocycles. The van der Waals surface area contributed by atoms with E-state index in [0.717, 1.165) is 12.5 Å². The second kappa shape index (κ2) is 4.80. The van der Waals surface area contributed by atoms with Gasteiger partial charge in [0.2, 0.25) is 0 Å². The van der Waals surface area contributed by atoms with Crippen molar-refractivity contribution < 1.29 is 0 Å². The van der Waals surface area contributed by atoms with Gasteiger partial charge in [-0.2, -0.15) is 0 Å². The largest absolute Gasteiger partial charge is 0.310 e. The first-order valence-corrected chi connectivity index (χ1v) is 6.18. The van der Waals surface area contributed by atoms with Gasteiger partial charge in [-0.05, 0) is 36.4 Å². The molecule has 0 radical (unpaired) electrons. The van der Waals surface area contributed by atoms with Gasteiger partial charge >= 0.3 is 0 Å². The Balaban J connectivity index is 2.21. The van der Waals surface area contributed by atoms with Crippen molar-refractivity contribution in [3.63, 3.8) is 0 Å². The van der Waals surface area contributed by atoms with E-state index in [1.807, 2.05) is 0 Å². The van der Waals surface area contributed by atoms with Crippen LogP contribution >= 0.6 is 0 Å². The summed E-state index contributed by atoms with van der Waals surface area (Å²) in [6.45, 7) is 5.55. The Morgan fingerprint density at radius 3 is 2.80 bits per heavy atom. The highest BCUT2D eigenvalue weighted by molar-refractivity contribution is 5.35. The van der Waals surface area contributed by atoms with E-state index in [4.69, 9.17) is 0 Å². The summed E-state index contributed by atoms with van der Waals surface area (Å²) in [5, 5.41) is 3.64. The van der Waals surface area contributed by atoms with Crippen LogP contribution < -0.4 is 5.32 Å². The maximum atomic E-state index is 3.64. The maximum Gasteiger partial charge on any atom is 0.0354 e. The first kappa shape index (κ1) is 10.7. The molecule has 1 aromatic rings. The van der Waals surface area contributed by atoms with E-state index < -0.39 is 0 Å². The van der Waals surface area contributed by atoms with Crippen molar-refractivity contribution in [1.82, 2.24) is 5.32 Å². The fourth-order valence-corrected chi connectivity index (χ4v) is 2.81. The quantitative estimate of drug-likeness (QED) is 0.791. The Labute approximate surface area is 92.9 Å². The summed E-state index contributed by atoms with van der Waals surface area (Å²) in [7, 11) is 0. The zero-order valence-electron chi connectivity index (χ0n) is 9.79. The van der Waals surface area contributed by atoms with Crippen LogP contribution in [0.15, 0.2) is 24.3 Å². The highest BCUT2D eigenvalue weighted by Gasteiger charge is 2.30. The highest BCUT2D eigenvalue weighted by Crippen LogP contribution is 2.38. The predicted octanol–water partition coefficient (Wildman–Crippen LogP) is 3.31. The molecule has 82 valence electrons. The van der Waals surface area contributed by atoms with E-state index in [2.05, 4.69) is 43.4 Å². The van der Waals surface area contributed by atoms with Crippen molar-refractivity contribution in [3.05, 3.63) is 35.4 Å². The molecule has 0 amide bonds. The Bertz CT molecular complexity index is 319. The number of fused-ring (bicyclic) bond motifs is 1. The van der Waals surface area contributed by atoms with Crippen molar-refractivity contribution in [3.8, 4) is 0 Å². The van der Waals surface area contributed by atoms with Gasteiger partial charge in [0.05, 0.1) is 0 Å². The van der Waals surface area contributed by atoms with E-state index in [1.165, 1.54) is 24.8 Å². The zero-order chi connectivity index (χ0) is 10.7. The lowest BCUT2D eigenvalue weighted by Gasteiger charge is -2.20. The van der Waals surface area contributed by atoms with Gasteiger partial charge in [-0.25, -0.2) is 0 Å². The Hall–Kier alpha value is -0.820. The van der Waals surface area contributed by atoms with Crippen LogP contribution in [0.25, 0.3) is 0 Å². The van der Waals surface area contributed by atoms with Gasteiger partial charge in [0.15, 0.2) is 0 Å². The lowest BCUT2D eigenvalue weighted by Crippen LogP contribution is -2.25. The van der Waals surface area contributed by atoms with Gasteiger partial charge in [0.1, 0.15) is 0 Å². The number of hydrogen-bond donors (Lipinski definition) is 1. The summed E-state index contributed by atoms with van der Waals surface area (Å²) in [5.41, 5.74) is 3.10. The Morgan fingerprint density at radius 1 is 1.27 bits per heavy atom. The van der Waals surface area contributed by atoms with Gasteiger partial charge in [-0.3, -0.25) is 0 Å². The molecule has 2 unspecified atom stereocenters. The summed E-state index contributed by atoms with van der Waals surface area (Å²) < 4.78 is 0. The van der Waals surface area contributed by atoms with Gasteiger partial charge in [0.25, 0.3) is 0 Å². The van der Waals surface area contributed by atoms with Gasteiger partial charge in [-0.1, -0.05) is 44.5 Å². The minimum atomic E-state index is 0.603. The predicted molar refractivity (Wildman–Crippen MR) is 65.0 cm³/mol. The Kier molecular flexibility index (Phi) is 3.42. The highest BCUT2D eigenvalue weighted by atomic mass is 14.9. The third-order valence-electron chi connectivity index (χ3n) is 3.43. The van der Waals surface area contributed by atoms with E-state index in [-0.39, 0.29) is 0 Å². The van der Waals surface area contributed by atoms with Crippen LogP contribution in [0.1, 0.15) is 43.9 Å². The third kappa shape index (κ3) is 2.07. The van der Waals surface area contributed by atoms with Gasteiger partial charge in [0, 0.05) is 6.04 Å². The second-order valence-electron chi connectivity index (χ2n) is 4.49. The number of benzene rings is 1. The minimum absolute atomic E-state index is 0.603. The first-order chi connectivity index (χ1) is 7.36. The molecule has 1 aliphatic rings. The zero-order valence-corrected chi connectivity index (χ0v) is 9.79. The monoisotopic (exact) mass is 203 g/mol. The summed E-state index contributed by atoms with van der Waals surface area (Å²) >= 11 is 0. The third-order valence-corrected chi connectivity index (χ3v) is 3.43. The lowest BCUT2D eigenvalue weighted by molar-refractivity contribution is 0.370. The fourth-order valence-electron chi connectivity index (χ4n) is 2.81. The van der Waals surface area contributed by atoms with Crippen molar-refractivity contribution in [2.24, 2.45) is 5.92 Å². The van der Waals surface area contributed by atoms with E-state index >= 15 is 0 Å². The fraction of sp³-hybridized carbons (Fsp3) is 0.571. The van der Waals surface area contributed by atoms with Crippen LogP contribution in [0.4, 0.5) is 0 Å². The minimum Gasteiger partial charge on any atom is -0.310 e. The van der Waals surface area contributed by atoms with Crippen LogP contribution in [-0.4, -0.2) is 6.54 Å². The molecular weight excluding hydrogens is 182 g/mol. The maximum absolute atomic E-state index is 3.64. The van der Waals surface area contributed by atoms with Crippen LogP contribution in [0.3, 0.4) is 0 Å². The smallest absolute Gasteiger partial charge is 0.0354 e. The van der Waals surface area contributed by atoms with E-state index in [9.17, 15) is 0 Å². The number of nitrogens with one attached hydrogen (secondary N) is 1. The average Bonchev–Trinajstić information content (AvgIpc) is 2.59. The van der Waals surface area contributed by atoms with Crippen LogP contribution in [0.5, 0.6) is 0 Å². The molecule has 0 aliphatic heterocycles. The summed E-state index contributed by atoms with van der Waals surface area (Å²) in [4.78, 5) is 0. The molecule has 0 fully saturated rings. The summed E-state index contributed by atoms with van der Waals surface area (Å²) in [5.74, 6) is 0.812. The molecule has 0 heterocycles. The molecule has 1 nitrogen and oxygen atoms in total. The molecule has 15 heavy (non-hydrogen) atoms. The standard InChI is InChI=1S/C14H21N/c1-3-7-12-10-11-8-5-6-9-13(11)14(12)15-4-2/h5-6,8-9,12,14-15H,3-4,7,10H2,1-2H3. The number of rotatable bonds is 4. The molecule has 0 bridgehead atoms. The molecule has 1 aromatic carbocycles. The SMILES string of the molecule is CCCC1Cc2ccccc2C1NCC. The molecule has 0 spiro atoms. The molecule has 0 saturated carbocycles. The molecule has 2 rings (SSSR count). The van der Waals surface area contributed by atoms with Crippen LogP contribution in [0, 0.1) is 5.92 Å². The van der Waals surface area contributed by atoms with E-state index in [1.54, 1.807) is 5.56 Å². The van der Waals surface area contributed by atoms with E-state index in [0.29, 0.717) is 6.04 Å². The molecule has 1 aliphatic carbocycles. The number of hydrogen-bond acceptors (Lipinski definition) is 1. The molecule has 2 atom stereocenters. The normalized spacial score (nSPS) is 24.1. The molecule has 0 saturated heterocycles. The first-order valence-electron chi connectivity index (χ1n) is 6.18. The molecule has 1 heteroatoms. The van der Waals surface area contributed by atoms with Crippen molar-refractivity contribution >= 4 is 0 Å². The summed E-state index contributed by atoms with van der Waals surface area (Å²) in [6.07, 6.45) is 3.90. The van der Waals surface area contributed by atoms with Gasteiger partial charge < -0.3 is 5.32 Å². The second-order valence-corrected chi connectivity index (χ2v) is 4.49. The van der Waals surface area contributed by atoms with Crippen molar-refractivity contribution in [2.75, 3.05) is 6.54 Å². The summed E-state index contributed by atoms with van der Waals surface area (Å²) in [6, 6.07) is 9.51. The van der Waals surface area contributed by atoms with Gasteiger partial charge in [-0.15, -0.1) is 0 Å². The Morgan fingerprint density at radius 2 is 2.07 bits per heavy atom. The topological polar surface area (TPSA) is 12.0 Å². The lowest BCUT2D eigenvalue weighted by atomic mass is 9.96. The van der Waals surface area contributed by atoms with Crippen LogP contribution in [0.2, 0.25) is 0 Å². The van der Waals surface area contributed by atoms with Crippen molar-refractivity contribution in [2.45, 2.75) is 39.2 Å². The average molecular weight is 203 g/mol. The van der Waals surface area contributed by atoms with Crippen molar-refractivity contribution in [1.29, 1.82) is 0 Å². The van der Waals surface area contributed by atoms with Crippen LogP contribution in [-0.2, 0) is 6.42 Å².